The van der Waals surface area contributed by atoms with Gasteiger partial charge in [-0.05, 0) is 53.4 Å². The minimum absolute atomic E-state index is 0.168. The highest BCUT2D eigenvalue weighted by Gasteiger charge is 2.30. The molecule has 0 spiro atoms. The van der Waals surface area contributed by atoms with Crippen molar-refractivity contribution < 1.29 is 14.3 Å². The van der Waals surface area contributed by atoms with Gasteiger partial charge in [0.25, 0.3) is 5.91 Å². The number of halogens is 2. The predicted octanol–water partition coefficient (Wildman–Crippen LogP) is 6.00. The maximum atomic E-state index is 13.5. The van der Waals surface area contributed by atoms with Gasteiger partial charge in [0.05, 0.1) is 0 Å². The predicted molar refractivity (Wildman–Crippen MR) is 146 cm³/mol. The molecule has 0 aromatic heterocycles. The maximum Gasteiger partial charge on any atom is 0.261 e. The van der Waals surface area contributed by atoms with Gasteiger partial charge in [0.15, 0.2) is 6.61 Å². The summed E-state index contributed by atoms with van der Waals surface area (Å²) < 4.78 is 7.63. The summed E-state index contributed by atoms with van der Waals surface area (Å²) >= 11 is 6.91. The molecule has 7 heteroatoms. The molecule has 1 N–H and O–H groups in total. The maximum absolute atomic E-state index is 13.5. The first-order chi connectivity index (χ1) is 16.8. The number of nitrogens with one attached hydrogen (secondary N) is 1. The summed E-state index contributed by atoms with van der Waals surface area (Å²) in [5.74, 6) is 0.460. The Kier molecular flexibility index (Phi) is 10.4. The van der Waals surface area contributed by atoms with Crippen molar-refractivity contribution in [1.82, 2.24) is 10.2 Å². The first-order valence-electron chi connectivity index (χ1n) is 11.6. The number of hydrogen-bond acceptors (Lipinski definition) is 3. The van der Waals surface area contributed by atoms with E-state index in [4.69, 9.17) is 4.74 Å². The van der Waals surface area contributed by atoms with E-state index in [-0.39, 0.29) is 25.0 Å². The zero-order chi connectivity index (χ0) is 25.2. The van der Waals surface area contributed by atoms with E-state index in [0.29, 0.717) is 24.6 Å². The second kappa shape index (κ2) is 13.4. The van der Waals surface area contributed by atoms with Crippen LogP contribution in [-0.4, -0.2) is 35.9 Å². The second-order valence-corrected chi connectivity index (χ2v) is 10.6. The molecule has 0 saturated carbocycles. The molecule has 3 aromatic rings. The number of nitrogens with zero attached hydrogens (tertiary/aromatic N) is 1. The Morgan fingerprint density at radius 2 is 1.57 bits per heavy atom. The molecule has 1 atom stereocenters. The van der Waals surface area contributed by atoms with Crippen LogP contribution in [0.25, 0.3) is 0 Å². The first-order valence-corrected chi connectivity index (χ1v) is 13.1. The summed E-state index contributed by atoms with van der Waals surface area (Å²) in [6, 6.07) is 24.2. The van der Waals surface area contributed by atoms with Gasteiger partial charge in [-0.15, -0.1) is 0 Å². The van der Waals surface area contributed by atoms with Gasteiger partial charge in [0, 0.05) is 28.5 Å². The molecule has 5 nitrogen and oxygen atoms in total. The molecule has 184 valence electrons. The normalized spacial score (nSPS) is 11.7. The summed E-state index contributed by atoms with van der Waals surface area (Å²) in [6.07, 6.45) is 0.406. The van der Waals surface area contributed by atoms with E-state index in [1.165, 1.54) is 0 Å². The number of hydrogen-bond donors (Lipinski definition) is 1. The molecule has 3 aromatic carbocycles. The van der Waals surface area contributed by atoms with Crippen molar-refractivity contribution >= 4 is 43.7 Å². The molecule has 3 rings (SSSR count). The summed E-state index contributed by atoms with van der Waals surface area (Å²) in [5.41, 5.74) is 1.91. The van der Waals surface area contributed by atoms with Crippen LogP contribution in [0.5, 0.6) is 5.75 Å². The Balaban J connectivity index is 1.89. The van der Waals surface area contributed by atoms with Crippen molar-refractivity contribution in [3.8, 4) is 5.75 Å². The fourth-order valence-electron chi connectivity index (χ4n) is 3.57. The Hall–Kier alpha value is -2.64. The van der Waals surface area contributed by atoms with Gasteiger partial charge in [-0.3, -0.25) is 9.59 Å². The number of rotatable bonds is 11. The third-order valence-electron chi connectivity index (χ3n) is 5.37. The average molecular weight is 602 g/mol. The van der Waals surface area contributed by atoms with Crippen molar-refractivity contribution in [3.05, 3.63) is 98.9 Å². The molecule has 35 heavy (non-hydrogen) atoms. The third kappa shape index (κ3) is 8.82. The van der Waals surface area contributed by atoms with Crippen molar-refractivity contribution in [1.29, 1.82) is 0 Å². The lowest BCUT2D eigenvalue weighted by Gasteiger charge is -2.31. The van der Waals surface area contributed by atoms with E-state index in [1.54, 1.807) is 17.0 Å². The van der Waals surface area contributed by atoms with Gasteiger partial charge in [0.1, 0.15) is 11.8 Å². The topological polar surface area (TPSA) is 58.6 Å². The van der Waals surface area contributed by atoms with E-state index in [0.717, 1.165) is 20.1 Å². The zero-order valence-electron chi connectivity index (χ0n) is 19.9. The molecule has 0 aliphatic rings. The molecule has 0 aliphatic heterocycles. The van der Waals surface area contributed by atoms with Crippen LogP contribution in [-0.2, 0) is 22.6 Å². The standard InChI is InChI=1S/C28H30Br2N2O3/c1-20(2)17-31-28(34)26(16-21-7-4-3-5-8-21)32(18-22-9-6-10-24(30)15-22)27(33)19-35-25-13-11-23(29)12-14-25/h3-15,20,26H,16-19H2,1-2H3,(H,31,34). The van der Waals surface area contributed by atoms with Crippen molar-refractivity contribution in [2.45, 2.75) is 32.9 Å². The van der Waals surface area contributed by atoms with Crippen LogP contribution in [0.3, 0.4) is 0 Å². The minimum Gasteiger partial charge on any atom is -0.484 e. The quantitative estimate of drug-likeness (QED) is 0.293. The van der Waals surface area contributed by atoms with Crippen LogP contribution in [0.4, 0.5) is 0 Å². The van der Waals surface area contributed by atoms with Crippen molar-refractivity contribution in [3.63, 3.8) is 0 Å². The van der Waals surface area contributed by atoms with Gasteiger partial charge in [-0.25, -0.2) is 0 Å². The van der Waals surface area contributed by atoms with Gasteiger partial charge in [0.2, 0.25) is 5.91 Å². The number of ether oxygens (including phenoxy) is 1. The monoisotopic (exact) mass is 600 g/mol. The van der Waals surface area contributed by atoms with Crippen LogP contribution in [0.1, 0.15) is 25.0 Å². The van der Waals surface area contributed by atoms with Gasteiger partial charge in [-0.1, -0.05) is 88.2 Å². The van der Waals surface area contributed by atoms with E-state index < -0.39 is 6.04 Å². The number of carbonyl (C=O) groups is 2. The highest BCUT2D eigenvalue weighted by molar-refractivity contribution is 9.10. The van der Waals surface area contributed by atoms with Gasteiger partial charge >= 0.3 is 0 Å². The Labute approximate surface area is 224 Å². The molecule has 0 aliphatic carbocycles. The second-order valence-electron chi connectivity index (χ2n) is 8.74. The van der Waals surface area contributed by atoms with Crippen LogP contribution in [0, 0.1) is 5.92 Å². The number of amides is 2. The van der Waals surface area contributed by atoms with Crippen molar-refractivity contribution in [2.24, 2.45) is 5.92 Å². The lowest BCUT2D eigenvalue weighted by molar-refractivity contribution is -0.142. The highest BCUT2D eigenvalue weighted by Crippen LogP contribution is 2.20. The van der Waals surface area contributed by atoms with Crippen LogP contribution >= 0.6 is 31.9 Å². The van der Waals surface area contributed by atoms with Gasteiger partial charge in [-0.2, -0.15) is 0 Å². The summed E-state index contributed by atoms with van der Waals surface area (Å²) in [4.78, 5) is 28.6. The molecule has 0 fully saturated rings. The Morgan fingerprint density at radius 1 is 0.886 bits per heavy atom. The molecular formula is C28H30Br2N2O3. The lowest BCUT2D eigenvalue weighted by Crippen LogP contribution is -2.52. The Bertz CT molecular complexity index is 1100. The lowest BCUT2D eigenvalue weighted by atomic mass is 10.0. The minimum atomic E-state index is -0.684. The summed E-state index contributed by atoms with van der Waals surface area (Å²) in [7, 11) is 0. The average Bonchev–Trinajstić information content (AvgIpc) is 2.85. The molecule has 0 saturated heterocycles. The summed E-state index contributed by atoms with van der Waals surface area (Å²) in [6.45, 7) is 4.75. The number of carbonyl (C=O) groups excluding carboxylic acids is 2. The molecule has 1 unspecified atom stereocenters. The Morgan fingerprint density at radius 3 is 2.23 bits per heavy atom. The van der Waals surface area contributed by atoms with E-state index >= 15 is 0 Å². The van der Waals surface area contributed by atoms with Crippen LogP contribution in [0.2, 0.25) is 0 Å². The molecular weight excluding hydrogens is 572 g/mol. The zero-order valence-corrected chi connectivity index (χ0v) is 23.1. The van der Waals surface area contributed by atoms with Gasteiger partial charge < -0.3 is 15.0 Å². The smallest absolute Gasteiger partial charge is 0.261 e. The molecule has 0 heterocycles. The molecule has 0 bridgehead atoms. The van der Waals surface area contributed by atoms with Crippen LogP contribution < -0.4 is 10.1 Å². The molecule has 2 amide bonds. The molecule has 0 radical (unpaired) electrons. The first kappa shape index (κ1) is 27.0. The highest BCUT2D eigenvalue weighted by atomic mass is 79.9. The SMILES string of the molecule is CC(C)CNC(=O)C(Cc1ccccc1)N(Cc1cccc(Br)c1)C(=O)COc1ccc(Br)cc1. The van der Waals surface area contributed by atoms with E-state index in [1.807, 2.05) is 80.6 Å². The largest absolute Gasteiger partial charge is 0.484 e. The summed E-state index contributed by atoms with van der Waals surface area (Å²) in [5, 5.41) is 3.03. The fraction of sp³-hybridized carbons (Fsp3) is 0.286. The fourth-order valence-corrected chi connectivity index (χ4v) is 4.28. The van der Waals surface area contributed by atoms with E-state index in [2.05, 4.69) is 37.2 Å². The van der Waals surface area contributed by atoms with Crippen molar-refractivity contribution in [2.75, 3.05) is 13.2 Å². The van der Waals surface area contributed by atoms with E-state index in [9.17, 15) is 9.59 Å². The third-order valence-corrected chi connectivity index (χ3v) is 6.40. The van der Waals surface area contributed by atoms with Crippen LogP contribution in [0.15, 0.2) is 87.8 Å². The number of benzene rings is 3.